The number of benzene rings is 2. The SMILES string of the molecule is NC(=O)c1cc(-c2cnc(N3CCC(O)CC3)nc2[C@H](Cc2cc(F)cc(F)c2)NC(=O)C[N+]2=NC(C(F)F)C3=C2C(F)(F)CCC3(F)F)ccc1F. The van der Waals surface area contributed by atoms with Crippen LogP contribution in [0.15, 0.2) is 59.0 Å². The minimum absolute atomic E-state index is 0.0440. The van der Waals surface area contributed by atoms with Crippen LogP contribution in [0.4, 0.5) is 45.5 Å². The molecule has 1 fully saturated rings. The van der Waals surface area contributed by atoms with Crippen LogP contribution in [-0.4, -0.2) is 81.6 Å². The second-order valence-electron chi connectivity index (χ2n) is 13.0. The van der Waals surface area contributed by atoms with Crippen molar-refractivity contribution in [3.63, 3.8) is 0 Å². The van der Waals surface area contributed by atoms with Gasteiger partial charge in [-0.25, -0.2) is 40.7 Å². The van der Waals surface area contributed by atoms with E-state index >= 15 is 8.78 Å². The number of alkyl halides is 6. The second kappa shape index (κ2) is 14.4. The number of nitrogens with zero attached hydrogens (tertiary/aromatic N) is 5. The van der Waals surface area contributed by atoms with Gasteiger partial charge in [-0.05, 0) is 59.8 Å². The number of allylic oxidation sites excluding steroid dienone is 1. The van der Waals surface area contributed by atoms with Crippen molar-refractivity contribution in [1.29, 1.82) is 0 Å². The number of primary amides is 1. The zero-order valence-electron chi connectivity index (χ0n) is 27.5. The number of amides is 2. The Hall–Kier alpha value is -5.07. The summed E-state index contributed by atoms with van der Waals surface area (Å²) in [7, 11) is 0. The fraction of sp³-hybridized carbons (Fsp3) is 0.412. The van der Waals surface area contributed by atoms with E-state index in [0.717, 1.165) is 24.3 Å². The first-order chi connectivity index (χ1) is 24.9. The van der Waals surface area contributed by atoms with E-state index in [-0.39, 0.29) is 46.1 Å². The van der Waals surface area contributed by atoms with Gasteiger partial charge in [-0.3, -0.25) is 9.59 Å². The number of carbonyl (C=O) groups is 2. The first-order valence-corrected chi connectivity index (χ1v) is 16.3. The lowest BCUT2D eigenvalue weighted by Crippen LogP contribution is -2.42. The topological polar surface area (TPSA) is 137 Å². The van der Waals surface area contributed by atoms with Gasteiger partial charge in [0.1, 0.15) is 23.0 Å². The fourth-order valence-electron chi connectivity index (χ4n) is 6.71. The largest absolute Gasteiger partial charge is 0.393 e. The number of azo groups is 2. The number of aliphatic hydroxyl groups is 1. The number of carbonyl (C=O) groups excluding carboxylic acids is 2. The molecule has 0 spiro atoms. The van der Waals surface area contributed by atoms with Gasteiger partial charge in [0.05, 0.1) is 23.4 Å². The molecule has 1 saturated heterocycles. The Kier molecular flexibility index (Phi) is 10.2. The first-order valence-electron chi connectivity index (χ1n) is 16.3. The number of nitrogens with one attached hydrogen (secondary N) is 1. The molecule has 0 bridgehead atoms. The van der Waals surface area contributed by atoms with Crippen LogP contribution < -0.4 is 16.0 Å². The molecule has 10 nitrogen and oxygen atoms in total. The zero-order chi connectivity index (χ0) is 38.4. The van der Waals surface area contributed by atoms with Gasteiger partial charge < -0.3 is 21.1 Å². The molecule has 1 aromatic heterocycles. The van der Waals surface area contributed by atoms with Crippen LogP contribution in [0, 0.1) is 17.5 Å². The average molecular weight is 757 g/mol. The van der Waals surface area contributed by atoms with Gasteiger partial charge in [-0.2, -0.15) is 8.78 Å². The predicted octanol–water partition coefficient (Wildman–Crippen LogP) is 5.45. The molecule has 0 saturated carbocycles. The molecule has 6 rings (SSSR count). The molecule has 2 aliphatic heterocycles. The van der Waals surface area contributed by atoms with Crippen LogP contribution in [-0.2, 0) is 11.2 Å². The van der Waals surface area contributed by atoms with Gasteiger partial charge in [0.15, 0.2) is 0 Å². The molecule has 2 atom stereocenters. The highest BCUT2D eigenvalue weighted by molar-refractivity contribution is 5.94. The lowest BCUT2D eigenvalue weighted by atomic mass is 9.86. The Morgan fingerprint density at radius 1 is 1.00 bits per heavy atom. The third-order valence-corrected chi connectivity index (χ3v) is 9.22. The van der Waals surface area contributed by atoms with Crippen molar-refractivity contribution < 1.29 is 58.9 Å². The second-order valence-corrected chi connectivity index (χ2v) is 13.0. The Labute approximate surface area is 295 Å². The number of aromatic nitrogens is 2. The van der Waals surface area contributed by atoms with Crippen LogP contribution in [0.3, 0.4) is 0 Å². The molecule has 0 radical (unpaired) electrons. The average Bonchev–Trinajstić information content (AvgIpc) is 3.48. The van der Waals surface area contributed by atoms with Crippen molar-refractivity contribution in [2.45, 2.75) is 68.6 Å². The number of halogens is 9. The van der Waals surface area contributed by atoms with Crippen LogP contribution in [0.5, 0.6) is 0 Å². The number of piperidine rings is 1. The summed E-state index contributed by atoms with van der Waals surface area (Å²) >= 11 is 0. The summed E-state index contributed by atoms with van der Waals surface area (Å²) in [6.07, 6.45) is -5.54. The standard InChI is InChI=1S/C34H30F9N7O3/c35-18-9-16(10-19(36)13-18)11-24(46-25(52)15-50-29-26(28(48-50)30(38)39)33(40,41)5-6-34(29,42)43)27-22(17-1-2-23(37)21(12-17)31(44)53)14-45-32(47-27)49-7-3-20(51)4-8-49/h1-2,9-10,12-14,20,24,28,30,51H,3-8,11,15H2,(H2-,44,46,52,53)/p+1/t24-,28?/m0/s1. The lowest BCUT2D eigenvalue weighted by Gasteiger charge is -2.30. The fourth-order valence-corrected chi connectivity index (χ4v) is 6.71. The zero-order valence-corrected chi connectivity index (χ0v) is 27.5. The third kappa shape index (κ3) is 7.84. The van der Waals surface area contributed by atoms with E-state index in [4.69, 9.17) is 5.73 Å². The molecular formula is C34H31F9N7O3+. The highest BCUT2D eigenvalue weighted by Gasteiger charge is 2.64. The van der Waals surface area contributed by atoms with E-state index in [2.05, 4.69) is 20.4 Å². The summed E-state index contributed by atoms with van der Waals surface area (Å²) < 4.78 is 131. The maximum Gasteiger partial charge on any atom is 0.332 e. The minimum atomic E-state index is -4.06. The highest BCUT2D eigenvalue weighted by Crippen LogP contribution is 2.51. The molecule has 53 heavy (non-hydrogen) atoms. The highest BCUT2D eigenvalue weighted by atomic mass is 19.3. The van der Waals surface area contributed by atoms with E-state index in [9.17, 15) is 45.4 Å². The van der Waals surface area contributed by atoms with E-state index < -0.39 is 108 Å². The van der Waals surface area contributed by atoms with Crippen LogP contribution >= 0.6 is 0 Å². The lowest BCUT2D eigenvalue weighted by molar-refractivity contribution is -0.549. The quantitative estimate of drug-likeness (QED) is 0.186. The monoisotopic (exact) mass is 756 g/mol. The van der Waals surface area contributed by atoms with E-state index in [1.165, 1.54) is 12.3 Å². The molecule has 3 aromatic rings. The molecular weight excluding hydrogens is 725 g/mol. The first kappa shape index (κ1) is 37.7. The molecule has 19 heteroatoms. The number of hydrogen-bond donors (Lipinski definition) is 3. The maximum absolute atomic E-state index is 15.1. The maximum atomic E-state index is 15.1. The Morgan fingerprint density at radius 2 is 1.66 bits per heavy atom. The minimum Gasteiger partial charge on any atom is -0.393 e. The third-order valence-electron chi connectivity index (χ3n) is 9.22. The summed E-state index contributed by atoms with van der Waals surface area (Å²) in [5, 5.41) is 15.9. The molecule has 3 heterocycles. The van der Waals surface area contributed by atoms with Crippen LogP contribution in [0.1, 0.15) is 53.3 Å². The van der Waals surface area contributed by atoms with E-state index in [1.807, 2.05) is 0 Å². The van der Waals surface area contributed by atoms with Crippen molar-refractivity contribution >= 4 is 17.8 Å². The molecule has 4 N–H and O–H groups in total. The normalized spacial score (nSPS) is 20.3. The molecule has 2 amide bonds. The van der Waals surface area contributed by atoms with Crippen LogP contribution in [0.2, 0.25) is 0 Å². The summed E-state index contributed by atoms with van der Waals surface area (Å²) in [5.74, 6) is -13.4. The predicted molar refractivity (Wildman–Crippen MR) is 168 cm³/mol. The van der Waals surface area contributed by atoms with Crippen LogP contribution in [0.25, 0.3) is 11.1 Å². The van der Waals surface area contributed by atoms with Crippen molar-refractivity contribution in [2.75, 3.05) is 24.5 Å². The number of anilines is 1. The van der Waals surface area contributed by atoms with Crippen molar-refractivity contribution in [2.24, 2.45) is 10.8 Å². The number of aliphatic hydroxyl groups excluding tert-OH is 1. The Balaban J connectivity index is 1.45. The number of nitrogens with two attached hydrogens (primary N) is 1. The van der Waals surface area contributed by atoms with Crippen molar-refractivity contribution in [3.8, 4) is 11.1 Å². The number of hydrogen-bond acceptors (Lipinski definition) is 7. The smallest absolute Gasteiger partial charge is 0.332 e. The summed E-state index contributed by atoms with van der Waals surface area (Å²) in [4.78, 5) is 36.4. The summed E-state index contributed by atoms with van der Waals surface area (Å²) in [5.41, 5.74) is 1.70. The molecule has 1 unspecified atom stereocenters. The van der Waals surface area contributed by atoms with Gasteiger partial charge in [0.25, 0.3) is 36.4 Å². The Bertz CT molecular complexity index is 1980. The van der Waals surface area contributed by atoms with Gasteiger partial charge in [0, 0.05) is 43.8 Å². The Morgan fingerprint density at radius 3 is 2.30 bits per heavy atom. The molecule has 3 aliphatic rings. The number of rotatable bonds is 10. The molecule has 282 valence electrons. The van der Waals surface area contributed by atoms with E-state index in [1.54, 1.807) is 4.90 Å². The van der Waals surface area contributed by atoms with Gasteiger partial charge >= 0.3 is 5.92 Å². The summed E-state index contributed by atoms with van der Waals surface area (Å²) in [6.45, 7) is -0.680. The molecule has 2 aromatic carbocycles. The van der Waals surface area contributed by atoms with Crippen molar-refractivity contribution in [1.82, 2.24) is 15.3 Å². The molecule has 1 aliphatic carbocycles. The summed E-state index contributed by atoms with van der Waals surface area (Å²) in [6, 6.07) is 1.58. The van der Waals surface area contributed by atoms with Gasteiger partial charge in [-0.15, -0.1) is 0 Å². The van der Waals surface area contributed by atoms with E-state index in [0.29, 0.717) is 18.9 Å². The van der Waals surface area contributed by atoms with Gasteiger partial charge in [0.2, 0.25) is 12.0 Å². The van der Waals surface area contributed by atoms with Crippen molar-refractivity contribution in [3.05, 3.63) is 88.1 Å². The van der Waals surface area contributed by atoms with Gasteiger partial charge in [-0.1, -0.05) is 10.8 Å².